The molecule has 9 heteroatoms. The predicted octanol–water partition coefficient (Wildman–Crippen LogP) is 4.23. The van der Waals surface area contributed by atoms with Crippen LogP contribution in [-0.4, -0.2) is 31.8 Å². The number of nitrogens with one attached hydrogen (secondary N) is 1. The van der Waals surface area contributed by atoms with Crippen LogP contribution in [0.15, 0.2) is 47.5 Å². The molecule has 0 bridgehead atoms. The first-order valence-electron chi connectivity index (χ1n) is 8.74. The molecular formula is C19H21F3N2O3S. The zero-order chi connectivity index (χ0) is 20.6. The highest BCUT2D eigenvalue weighted by molar-refractivity contribution is 7.92. The molecule has 2 atom stereocenters. The lowest BCUT2D eigenvalue weighted by Crippen LogP contribution is -2.42. The summed E-state index contributed by atoms with van der Waals surface area (Å²) in [5.74, 6) is 0.666. The van der Waals surface area contributed by atoms with Crippen LogP contribution in [0.5, 0.6) is 0 Å². The number of halogens is 3. The van der Waals surface area contributed by atoms with Gasteiger partial charge in [0.2, 0.25) is 0 Å². The van der Waals surface area contributed by atoms with E-state index in [1.54, 1.807) is 32.3 Å². The topological polar surface area (TPSA) is 68.3 Å². The third-order valence-corrected chi connectivity index (χ3v) is 7.64. The molecule has 0 spiro atoms. The molecule has 1 N–H and O–H groups in total. The standard InChI is InChI=1S/C19H21F3N2O3S/c1-18(28(25,26)15-5-3-4-14(10-15)19(20,21)22)8-9-27-16(11-18)13-6-7-17(23-2)24-12-13/h3-7,10,12,16H,8-9,11H2,1-2H3,(H,23,24). The van der Waals surface area contributed by atoms with E-state index in [9.17, 15) is 21.6 Å². The Labute approximate surface area is 161 Å². The Hall–Kier alpha value is -2.13. The lowest BCUT2D eigenvalue weighted by Gasteiger charge is -2.37. The normalized spacial score (nSPS) is 23.4. The number of hydrogen-bond donors (Lipinski definition) is 1. The first-order chi connectivity index (χ1) is 13.1. The van der Waals surface area contributed by atoms with Gasteiger partial charge in [-0.3, -0.25) is 0 Å². The highest BCUT2D eigenvalue weighted by Crippen LogP contribution is 2.42. The van der Waals surface area contributed by atoms with Crippen molar-refractivity contribution in [2.45, 2.75) is 41.7 Å². The molecule has 152 valence electrons. The number of sulfone groups is 1. The van der Waals surface area contributed by atoms with E-state index in [-0.39, 0.29) is 24.3 Å². The van der Waals surface area contributed by atoms with E-state index in [4.69, 9.17) is 4.74 Å². The van der Waals surface area contributed by atoms with Crippen molar-refractivity contribution in [2.24, 2.45) is 0 Å². The highest BCUT2D eigenvalue weighted by atomic mass is 32.2. The number of rotatable bonds is 4. The van der Waals surface area contributed by atoms with Crippen molar-refractivity contribution >= 4 is 15.7 Å². The maximum Gasteiger partial charge on any atom is 0.416 e. The molecule has 1 aliphatic rings. The van der Waals surface area contributed by atoms with Gasteiger partial charge in [0, 0.05) is 19.9 Å². The molecule has 0 amide bonds. The smallest absolute Gasteiger partial charge is 0.373 e. The van der Waals surface area contributed by atoms with Crippen molar-refractivity contribution in [3.63, 3.8) is 0 Å². The summed E-state index contributed by atoms with van der Waals surface area (Å²) in [4.78, 5) is 3.89. The lowest BCUT2D eigenvalue weighted by molar-refractivity contribution is -0.137. The van der Waals surface area contributed by atoms with E-state index in [2.05, 4.69) is 10.3 Å². The van der Waals surface area contributed by atoms with Crippen molar-refractivity contribution in [3.8, 4) is 0 Å². The van der Waals surface area contributed by atoms with Crippen LogP contribution in [0.3, 0.4) is 0 Å². The SMILES string of the molecule is CNc1ccc(C2CC(C)(S(=O)(=O)c3cccc(C(F)(F)F)c3)CCO2)cn1. The number of alkyl halides is 3. The van der Waals surface area contributed by atoms with Crippen molar-refractivity contribution < 1.29 is 26.3 Å². The van der Waals surface area contributed by atoms with Crippen LogP contribution >= 0.6 is 0 Å². The fraction of sp³-hybridized carbons (Fsp3) is 0.421. The number of anilines is 1. The maximum atomic E-state index is 13.2. The zero-order valence-electron chi connectivity index (χ0n) is 15.5. The molecule has 28 heavy (non-hydrogen) atoms. The Kier molecular flexibility index (Phi) is 5.42. The van der Waals surface area contributed by atoms with E-state index in [1.165, 1.54) is 6.07 Å². The zero-order valence-corrected chi connectivity index (χ0v) is 16.3. The summed E-state index contributed by atoms with van der Waals surface area (Å²) in [5.41, 5.74) is -0.253. The van der Waals surface area contributed by atoms with Gasteiger partial charge in [-0.2, -0.15) is 13.2 Å². The van der Waals surface area contributed by atoms with Gasteiger partial charge in [0.15, 0.2) is 9.84 Å². The minimum absolute atomic E-state index is 0.131. The molecule has 0 radical (unpaired) electrons. The monoisotopic (exact) mass is 414 g/mol. The summed E-state index contributed by atoms with van der Waals surface area (Å²) in [7, 11) is -2.28. The molecule has 1 fully saturated rings. The largest absolute Gasteiger partial charge is 0.416 e. The van der Waals surface area contributed by atoms with Crippen LogP contribution < -0.4 is 5.32 Å². The van der Waals surface area contributed by atoms with Crippen LogP contribution in [0.2, 0.25) is 0 Å². The Balaban J connectivity index is 1.92. The minimum Gasteiger partial charge on any atom is -0.373 e. The third kappa shape index (κ3) is 3.86. The molecule has 2 unspecified atom stereocenters. The maximum absolute atomic E-state index is 13.2. The molecule has 2 aromatic rings. The Morgan fingerprint density at radius 2 is 2.00 bits per heavy atom. The van der Waals surface area contributed by atoms with Crippen LogP contribution in [0.4, 0.5) is 19.0 Å². The molecule has 1 aromatic heterocycles. The lowest BCUT2D eigenvalue weighted by atomic mass is 9.93. The molecular weight excluding hydrogens is 393 g/mol. The van der Waals surface area contributed by atoms with Crippen molar-refractivity contribution in [3.05, 3.63) is 53.7 Å². The number of nitrogens with zero attached hydrogens (tertiary/aromatic N) is 1. The third-order valence-electron chi connectivity index (χ3n) is 5.10. The average Bonchev–Trinajstić information content (AvgIpc) is 2.67. The van der Waals surface area contributed by atoms with Gasteiger partial charge < -0.3 is 10.1 Å². The van der Waals surface area contributed by atoms with Gasteiger partial charge in [0.05, 0.1) is 21.3 Å². The molecule has 5 nitrogen and oxygen atoms in total. The summed E-state index contributed by atoms with van der Waals surface area (Å²) < 4.78 is 70.0. The van der Waals surface area contributed by atoms with Crippen molar-refractivity contribution in [1.82, 2.24) is 4.98 Å². The van der Waals surface area contributed by atoms with E-state index < -0.39 is 32.4 Å². The summed E-state index contributed by atoms with van der Waals surface area (Å²) in [6, 6.07) is 7.45. The summed E-state index contributed by atoms with van der Waals surface area (Å²) in [5, 5.41) is 2.90. The Bertz CT molecular complexity index is 946. The number of hydrogen-bond acceptors (Lipinski definition) is 5. The molecule has 3 rings (SSSR count). The van der Waals surface area contributed by atoms with Gasteiger partial charge in [-0.05, 0) is 49.6 Å². The fourth-order valence-corrected chi connectivity index (χ4v) is 5.13. The second-order valence-electron chi connectivity index (χ2n) is 7.02. The molecule has 0 aliphatic carbocycles. The van der Waals surface area contributed by atoms with Crippen LogP contribution in [0.25, 0.3) is 0 Å². The Morgan fingerprint density at radius 3 is 2.61 bits per heavy atom. The molecule has 1 aromatic carbocycles. The molecule has 0 saturated carbocycles. The van der Waals surface area contributed by atoms with Crippen molar-refractivity contribution in [2.75, 3.05) is 19.0 Å². The van der Waals surface area contributed by atoms with Gasteiger partial charge >= 0.3 is 6.18 Å². The van der Waals surface area contributed by atoms with Gasteiger partial charge in [-0.25, -0.2) is 13.4 Å². The van der Waals surface area contributed by atoms with E-state index in [0.29, 0.717) is 11.9 Å². The van der Waals surface area contributed by atoms with Crippen molar-refractivity contribution in [1.29, 1.82) is 0 Å². The summed E-state index contributed by atoms with van der Waals surface area (Å²) >= 11 is 0. The predicted molar refractivity (Wildman–Crippen MR) is 98.7 cm³/mol. The second kappa shape index (κ2) is 7.36. The van der Waals surface area contributed by atoms with Gasteiger partial charge in [-0.1, -0.05) is 12.1 Å². The number of aromatic nitrogens is 1. The fourth-order valence-electron chi connectivity index (χ4n) is 3.30. The molecule has 2 heterocycles. The quantitative estimate of drug-likeness (QED) is 0.811. The van der Waals surface area contributed by atoms with Gasteiger partial charge in [-0.15, -0.1) is 0 Å². The van der Waals surface area contributed by atoms with E-state index in [0.717, 1.165) is 17.7 Å². The van der Waals surface area contributed by atoms with Gasteiger partial charge in [0.25, 0.3) is 0 Å². The van der Waals surface area contributed by atoms with Crippen LogP contribution in [-0.2, 0) is 20.8 Å². The van der Waals surface area contributed by atoms with Crippen LogP contribution in [0, 0.1) is 0 Å². The first-order valence-corrected chi connectivity index (χ1v) is 10.2. The number of ether oxygens (including phenoxy) is 1. The molecule has 1 saturated heterocycles. The Morgan fingerprint density at radius 1 is 1.25 bits per heavy atom. The summed E-state index contributed by atoms with van der Waals surface area (Å²) in [6.45, 7) is 1.75. The molecule has 1 aliphatic heterocycles. The number of pyridine rings is 1. The minimum atomic E-state index is -4.61. The van der Waals surface area contributed by atoms with Crippen LogP contribution in [0.1, 0.15) is 37.0 Å². The average molecular weight is 414 g/mol. The number of benzene rings is 1. The van der Waals surface area contributed by atoms with E-state index in [1.807, 2.05) is 0 Å². The highest BCUT2D eigenvalue weighted by Gasteiger charge is 2.45. The second-order valence-corrected chi connectivity index (χ2v) is 9.48. The first kappa shape index (κ1) is 20.6. The van der Waals surface area contributed by atoms with Gasteiger partial charge in [0.1, 0.15) is 5.82 Å². The summed E-state index contributed by atoms with van der Waals surface area (Å²) in [6.07, 6.45) is -3.17. The van der Waals surface area contributed by atoms with E-state index >= 15 is 0 Å².